The third-order valence-electron chi connectivity index (χ3n) is 5.09. The molecule has 0 heterocycles. The van der Waals surface area contributed by atoms with Crippen molar-refractivity contribution in [2.24, 2.45) is 16.6 Å². The second-order valence-corrected chi connectivity index (χ2v) is 6.33. The Hall–Kier alpha value is -0.0800. The van der Waals surface area contributed by atoms with Crippen LogP contribution in [0.3, 0.4) is 0 Å². The minimum atomic E-state index is -0.0191. The maximum Gasteiger partial charge on any atom is 0.0275 e. The van der Waals surface area contributed by atoms with Crippen LogP contribution in [0.5, 0.6) is 0 Å². The lowest BCUT2D eigenvalue weighted by atomic mass is 9.94. The summed E-state index contributed by atoms with van der Waals surface area (Å²) in [6.45, 7) is 14.6. The van der Waals surface area contributed by atoms with Gasteiger partial charge in [-0.3, -0.25) is 0 Å². The summed E-state index contributed by atoms with van der Waals surface area (Å²) in [6, 6.07) is 0.617. The molecule has 3 N–H and O–H groups in total. The van der Waals surface area contributed by atoms with Crippen LogP contribution in [-0.2, 0) is 0 Å². The molecule has 0 aromatic heterocycles. The second-order valence-electron chi connectivity index (χ2n) is 6.33. The lowest BCUT2D eigenvalue weighted by molar-refractivity contribution is 0.356. The number of hydrogen-bond donors (Lipinski definition) is 2. The average molecular weight is 212 g/mol. The van der Waals surface area contributed by atoms with Gasteiger partial charge in [-0.05, 0) is 23.7 Å². The van der Waals surface area contributed by atoms with E-state index < -0.39 is 0 Å². The first-order valence-electron chi connectivity index (χ1n) is 6.23. The summed E-state index contributed by atoms with van der Waals surface area (Å²) in [5.41, 5.74) is 7.09. The highest BCUT2D eigenvalue weighted by Crippen LogP contribution is 2.62. The van der Waals surface area contributed by atoms with Gasteiger partial charge < -0.3 is 11.1 Å². The van der Waals surface area contributed by atoms with Crippen molar-refractivity contribution in [2.45, 2.75) is 66.0 Å². The van der Waals surface area contributed by atoms with Gasteiger partial charge in [0.1, 0.15) is 0 Å². The fraction of sp³-hybridized carbons (Fsp3) is 1.00. The summed E-state index contributed by atoms with van der Waals surface area (Å²) in [5.74, 6) is 0. The van der Waals surface area contributed by atoms with Gasteiger partial charge in [-0.2, -0.15) is 0 Å². The molecular weight excluding hydrogens is 184 g/mol. The predicted molar refractivity (Wildman–Crippen MR) is 66.9 cm³/mol. The van der Waals surface area contributed by atoms with Gasteiger partial charge in [0.2, 0.25) is 0 Å². The zero-order chi connectivity index (χ0) is 11.9. The Bertz CT molecular complexity index is 213. The van der Waals surface area contributed by atoms with E-state index in [1.165, 1.54) is 0 Å². The molecule has 1 aliphatic carbocycles. The first kappa shape index (κ1) is 13.0. The largest absolute Gasteiger partial charge is 0.324 e. The van der Waals surface area contributed by atoms with Crippen molar-refractivity contribution in [1.82, 2.24) is 5.32 Å². The second kappa shape index (κ2) is 3.74. The molecule has 90 valence electrons. The Morgan fingerprint density at radius 1 is 1.07 bits per heavy atom. The van der Waals surface area contributed by atoms with E-state index in [0.29, 0.717) is 16.9 Å². The van der Waals surface area contributed by atoms with Crippen LogP contribution in [-0.4, -0.2) is 18.1 Å². The average Bonchev–Trinajstić information content (AvgIpc) is 2.55. The normalized spacial score (nSPS) is 24.2. The highest BCUT2D eigenvalue weighted by atomic mass is 15.1. The third kappa shape index (κ3) is 2.07. The Kier molecular flexibility index (Phi) is 3.24. The predicted octanol–water partition coefficient (Wildman–Crippen LogP) is 2.53. The van der Waals surface area contributed by atoms with Crippen molar-refractivity contribution in [1.29, 1.82) is 0 Å². The number of nitrogens with two attached hydrogens (primary N) is 1. The van der Waals surface area contributed by atoms with Crippen molar-refractivity contribution < 1.29 is 0 Å². The van der Waals surface area contributed by atoms with Gasteiger partial charge >= 0.3 is 0 Å². The molecule has 0 spiro atoms. The highest BCUT2D eigenvalue weighted by Gasteiger charge is 2.64. The van der Waals surface area contributed by atoms with Crippen LogP contribution in [0, 0.1) is 10.8 Å². The first-order chi connectivity index (χ1) is 6.71. The standard InChI is InChI=1S/C13H28N2/c1-7-13(14,8-2)9-15-10-11(3,4)12(10,5)6/h10,15H,7-9,14H2,1-6H3. The van der Waals surface area contributed by atoms with Crippen molar-refractivity contribution >= 4 is 0 Å². The van der Waals surface area contributed by atoms with Crippen LogP contribution in [0.4, 0.5) is 0 Å². The van der Waals surface area contributed by atoms with Gasteiger partial charge in [0.05, 0.1) is 0 Å². The van der Waals surface area contributed by atoms with E-state index >= 15 is 0 Å². The van der Waals surface area contributed by atoms with Gasteiger partial charge in [0.15, 0.2) is 0 Å². The molecule has 0 aliphatic heterocycles. The number of nitrogens with one attached hydrogen (secondary N) is 1. The molecule has 1 saturated carbocycles. The summed E-state index contributed by atoms with van der Waals surface area (Å²) in [7, 11) is 0. The van der Waals surface area contributed by atoms with Crippen LogP contribution in [0.25, 0.3) is 0 Å². The third-order valence-corrected chi connectivity index (χ3v) is 5.09. The van der Waals surface area contributed by atoms with E-state index in [1.54, 1.807) is 0 Å². The van der Waals surface area contributed by atoms with E-state index in [9.17, 15) is 0 Å². The Morgan fingerprint density at radius 2 is 1.47 bits per heavy atom. The van der Waals surface area contributed by atoms with Crippen molar-refractivity contribution in [3.63, 3.8) is 0 Å². The molecule has 0 bridgehead atoms. The molecule has 2 nitrogen and oxygen atoms in total. The molecule has 1 fully saturated rings. The van der Waals surface area contributed by atoms with Crippen LogP contribution in [0.2, 0.25) is 0 Å². The van der Waals surface area contributed by atoms with E-state index in [2.05, 4.69) is 46.9 Å². The topological polar surface area (TPSA) is 38.0 Å². The fourth-order valence-corrected chi connectivity index (χ4v) is 2.51. The molecule has 2 heteroatoms. The molecule has 0 atom stereocenters. The first-order valence-corrected chi connectivity index (χ1v) is 6.23. The molecule has 1 rings (SSSR count). The molecule has 0 radical (unpaired) electrons. The SMILES string of the molecule is CCC(N)(CC)CNC1C(C)(C)C1(C)C. The minimum absolute atomic E-state index is 0.0191. The fourth-order valence-electron chi connectivity index (χ4n) is 2.51. The molecule has 1 aliphatic rings. The molecule has 0 amide bonds. The highest BCUT2D eigenvalue weighted by molar-refractivity contribution is 5.18. The molecule has 0 aromatic rings. The molecule has 0 unspecified atom stereocenters. The number of hydrogen-bond acceptors (Lipinski definition) is 2. The van der Waals surface area contributed by atoms with Crippen LogP contribution >= 0.6 is 0 Å². The Labute approximate surface area is 95.0 Å². The molecule has 0 saturated heterocycles. The summed E-state index contributed by atoms with van der Waals surface area (Å²) in [5, 5.41) is 3.65. The zero-order valence-corrected chi connectivity index (χ0v) is 11.3. The Balaban J connectivity index is 2.47. The monoisotopic (exact) mass is 212 g/mol. The van der Waals surface area contributed by atoms with E-state index in [0.717, 1.165) is 19.4 Å². The van der Waals surface area contributed by atoms with Crippen molar-refractivity contribution in [2.75, 3.05) is 6.54 Å². The van der Waals surface area contributed by atoms with Gasteiger partial charge in [-0.1, -0.05) is 41.5 Å². The minimum Gasteiger partial charge on any atom is -0.324 e. The summed E-state index contributed by atoms with van der Waals surface area (Å²) >= 11 is 0. The van der Waals surface area contributed by atoms with E-state index in [-0.39, 0.29) is 5.54 Å². The molecule has 15 heavy (non-hydrogen) atoms. The van der Waals surface area contributed by atoms with Gasteiger partial charge in [-0.15, -0.1) is 0 Å². The summed E-state index contributed by atoms with van der Waals surface area (Å²) in [6.07, 6.45) is 2.09. The molecule has 0 aromatic carbocycles. The lowest BCUT2D eigenvalue weighted by Crippen LogP contribution is -2.49. The molecular formula is C13H28N2. The van der Waals surface area contributed by atoms with Crippen molar-refractivity contribution in [3.8, 4) is 0 Å². The van der Waals surface area contributed by atoms with Crippen molar-refractivity contribution in [3.05, 3.63) is 0 Å². The lowest BCUT2D eigenvalue weighted by Gasteiger charge is -2.27. The summed E-state index contributed by atoms with van der Waals surface area (Å²) < 4.78 is 0. The van der Waals surface area contributed by atoms with Crippen LogP contribution in [0.1, 0.15) is 54.4 Å². The van der Waals surface area contributed by atoms with Crippen LogP contribution < -0.4 is 11.1 Å². The van der Waals surface area contributed by atoms with Gasteiger partial charge in [-0.25, -0.2) is 0 Å². The maximum atomic E-state index is 6.29. The quantitative estimate of drug-likeness (QED) is 0.735. The Morgan fingerprint density at radius 3 is 1.73 bits per heavy atom. The van der Waals surface area contributed by atoms with Crippen LogP contribution in [0.15, 0.2) is 0 Å². The zero-order valence-electron chi connectivity index (χ0n) is 11.3. The van der Waals surface area contributed by atoms with Gasteiger partial charge in [0.25, 0.3) is 0 Å². The van der Waals surface area contributed by atoms with E-state index in [1.807, 2.05) is 0 Å². The maximum absolute atomic E-state index is 6.29. The van der Waals surface area contributed by atoms with E-state index in [4.69, 9.17) is 5.73 Å². The summed E-state index contributed by atoms with van der Waals surface area (Å²) in [4.78, 5) is 0. The smallest absolute Gasteiger partial charge is 0.0275 e. The van der Waals surface area contributed by atoms with Gasteiger partial charge in [0, 0.05) is 18.1 Å². The number of rotatable bonds is 5.